The van der Waals surface area contributed by atoms with E-state index >= 15 is 0 Å². The van der Waals surface area contributed by atoms with Gasteiger partial charge in [0.05, 0.1) is 12.6 Å². The number of benzene rings is 1. The topological polar surface area (TPSA) is 52.0 Å². The molecule has 2 aromatic rings. The van der Waals surface area contributed by atoms with Crippen LogP contribution >= 0.6 is 0 Å². The summed E-state index contributed by atoms with van der Waals surface area (Å²) in [5.74, 6) is 3.91. The number of hydrogen-bond acceptors (Lipinski definition) is 4. The molecular formula is C16H18N4O. The Labute approximate surface area is 123 Å². The van der Waals surface area contributed by atoms with Gasteiger partial charge in [-0.3, -0.25) is 0 Å². The second-order valence-corrected chi connectivity index (χ2v) is 6.22. The monoisotopic (exact) mass is 282 g/mol. The molecule has 1 aromatic carbocycles. The average Bonchev–Trinajstić information content (AvgIpc) is 3.10. The van der Waals surface area contributed by atoms with E-state index in [9.17, 15) is 0 Å². The van der Waals surface area contributed by atoms with Crippen LogP contribution in [0.3, 0.4) is 0 Å². The summed E-state index contributed by atoms with van der Waals surface area (Å²) in [5, 5.41) is 12.6. The number of fused-ring (bicyclic) bond motifs is 2. The first-order valence-electron chi connectivity index (χ1n) is 7.83. The fourth-order valence-electron chi connectivity index (χ4n) is 3.54. The smallest absolute Gasteiger partial charge is 0.164 e. The van der Waals surface area contributed by atoms with Crippen LogP contribution in [-0.2, 0) is 13.0 Å². The van der Waals surface area contributed by atoms with Gasteiger partial charge in [-0.1, -0.05) is 0 Å². The molecule has 5 heteroatoms. The van der Waals surface area contributed by atoms with Crippen LogP contribution < -0.4 is 10.1 Å². The van der Waals surface area contributed by atoms with Crippen molar-refractivity contribution in [3.8, 4) is 17.1 Å². The van der Waals surface area contributed by atoms with Gasteiger partial charge in [-0.05, 0) is 42.5 Å². The van der Waals surface area contributed by atoms with Gasteiger partial charge in [0.1, 0.15) is 5.75 Å². The van der Waals surface area contributed by atoms with Gasteiger partial charge >= 0.3 is 0 Å². The van der Waals surface area contributed by atoms with Crippen molar-refractivity contribution in [3.05, 3.63) is 29.6 Å². The number of nitrogens with zero attached hydrogens (tertiary/aromatic N) is 3. The molecule has 1 fully saturated rings. The Morgan fingerprint density at radius 3 is 3.10 bits per heavy atom. The van der Waals surface area contributed by atoms with E-state index in [1.54, 1.807) is 0 Å². The second kappa shape index (κ2) is 4.31. The molecule has 0 amide bonds. The summed E-state index contributed by atoms with van der Waals surface area (Å²) in [5.41, 5.74) is 2.45. The molecule has 5 rings (SSSR count). The maximum Gasteiger partial charge on any atom is 0.164 e. The minimum atomic E-state index is 0.401. The molecule has 1 aromatic heterocycles. The van der Waals surface area contributed by atoms with Crippen LogP contribution in [0, 0.1) is 5.92 Å². The molecule has 0 bridgehead atoms. The van der Waals surface area contributed by atoms with E-state index in [1.165, 1.54) is 18.4 Å². The Hall–Kier alpha value is -1.88. The minimum absolute atomic E-state index is 0.401. The molecule has 3 aliphatic rings. The molecule has 5 nitrogen and oxygen atoms in total. The van der Waals surface area contributed by atoms with E-state index in [4.69, 9.17) is 4.74 Å². The molecule has 21 heavy (non-hydrogen) atoms. The SMILES string of the molecule is c1cc2c(cc1-c1nnc3n1CCNC3C1CC1)CCO2. The average molecular weight is 282 g/mol. The van der Waals surface area contributed by atoms with Gasteiger partial charge in [0.15, 0.2) is 11.6 Å². The Kier molecular flexibility index (Phi) is 2.41. The zero-order chi connectivity index (χ0) is 13.8. The van der Waals surface area contributed by atoms with Crippen molar-refractivity contribution in [2.75, 3.05) is 13.2 Å². The zero-order valence-corrected chi connectivity index (χ0v) is 11.9. The number of rotatable bonds is 2. The van der Waals surface area contributed by atoms with Crippen LogP contribution in [0.1, 0.15) is 30.3 Å². The van der Waals surface area contributed by atoms with Gasteiger partial charge in [0, 0.05) is 25.1 Å². The zero-order valence-electron chi connectivity index (χ0n) is 11.9. The van der Waals surface area contributed by atoms with Crippen LogP contribution in [0.5, 0.6) is 5.75 Å². The van der Waals surface area contributed by atoms with Gasteiger partial charge in [0.2, 0.25) is 0 Å². The van der Waals surface area contributed by atoms with Crippen LogP contribution in [0.4, 0.5) is 0 Å². The summed E-state index contributed by atoms with van der Waals surface area (Å²) in [6.45, 7) is 2.76. The van der Waals surface area contributed by atoms with Crippen LogP contribution in [-0.4, -0.2) is 27.9 Å². The molecule has 1 atom stereocenters. The molecule has 1 aliphatic carbocycles. The molecule has 2 aliphatic heterocycles. The summed E-state index contributed by atoms with van der Waals surface area (Å²) >= 11 is 0. The summed E-state index contributed by atoms with van der Waals surface area (Å²) < 4.78 is 7.89. The highest BCUT2D eigenvalue weighted by atomic mass is 16.5. The molecular weight excluding hydrogens is 264 g/mol. The molecule has 0 radical (unpaired) electrons. The quantitative estimate of drug-likeness (QED) is 0.914. The largest absolute Gasteiger partial charge is 0.493 e. The molecule has 0 saturated heterocycles. The lowest BCUT2D eigenvalue weighted by molar-refractivity contribution is 0.357. The van der Waals surface area contributed by atoms with E-state index in [-0.39, 0.29) is 0 Å². The molecule has 1 N–H and O–H groups in total. The van der Waals surface area contributed by atoms with Crippen molar-refractivity contribution >= 4 is 0 Å². The highest BCUT2D eigenvalue weighted by molar-refractivity contribution is 5.60. The Bertz CT molecular complexity index is 704. The summed E-state index contributed by atoms with van der Waals surface area (Å²) in [6.07, 6.45) is 3.63. The highest BCUT2D eigenvalue weighted by Crippen LogP contribution is 2.42. The van der Waals surface area contributed by atoms with Crippen molar-refractivity contribution in [1.82, 2.24) is 20.1 Å². The Balaban J connectivity index is 1.58. The molecule has 3 heterocycles. The van der Waals surface area contributed by atoms with Crippen molar-refractivity contribution < 1.29 is 4.74 Å². The standard InChI is InChI=1S/C16H18N4O/c1-2-10(1)14-16-19-18-15(20(16)7-6-17-14)12-3-4-13-11(9-12)5-8-21-13/h3-4,9-10,14,17H,1-2,5-8H2. The van der Waals surface area contributed by atoms with E-state index in [0.29, 0.717) is 6.04 Å². The van der Waals surface area contributed by atoms with Gasteiger partial charge in [-0.25, -0.2) is 0 Å². The molecule has 1 unspecified atom stereocenters. The number of hydrogen-bond donors (Lipinski definition) is 1. The van der Waals surface area contributed by atoms with Crippen molar-refractivity contribution in [1.29, 1.82) is 0 Å². The number of aromatic nitrogens is 3. The van der Waals surface area contributed by atoms with E-state index < -0.39 is 0 Å². The first-order valence-corrected chi connectivity index (χ1v) is 7.83. The maximum absolute atomic E-state index is 5.59. The molecule has 0 spiro atoms. The predicted octanol–water partition coefficient (Wildman–Crippen LogP) is 1.93. The third-order valence-electron chi connectivity index (χ3n) is 4.80. The van der Waals surface area contributed by atoms with Crippen molar-refractivity contribution in [2.24, 2.45) is 5.92 Å². The fourth-order valence-corrected chi connectivity index (χ4v) is 3.54. The predicted molar refractivity (Wildman–Crippen MR) is 78.1 cm³/mol. The van der Waals surface area contributed by atoms with Crippen LogP contribution in [0.25, 0.3) is 11.4 Å². The number of nitrogens with one attached hydrogen (secondary N) is 1. The van der Waals surface area contributed by atoms with Crippen molar-refractivity contribution in [3.63, 3.8) is 0 Å². The lowest BCUT2D eigenvalue weighted by Gasteiger charge is -2.25. The second-order valence-electron chi connectivity index (χ2n) is 6.22. The Morgan fingerprint density at radius 1 is 1.24 bits per heavy atom. The normalized spacial score (nSPS) is 23.5. The lowest BCUT2D eigenvalue weighted by Crippen LogP contribution is -2.35. The molecule has 1 saturated carbocycles. The number of ether oxygens (including phenoxy) is 1. The fraction of sp³-hybridized carbons (Fsp3) is 0.500. The van der Waals surface area contributed by atoms with E-state index in [1.807, 2.05) is 0 Å². The third kappa shape index (κ3) is 1.80. The van der Waals surface area contributed by atoms with Crippen LogP contribution in [0.2, 0.25) is 0 Å². The summed E-state index contributed by atoms with van der Waals surface area (Å²) in [7, 11) is 0. The van der Waals surface area contributed by atoms with E-state index in [0.717, 1.165) is 55.0 Å². The first-order chi connectivity index (χ1) is 10.4. The minimum Gasteiger partial charge on any atom is -0.493 e. The van der Waals surface area contributed by atoms with Crippen molar-refractivity contribution in [2.45, 2.75) is 31.8 Å². The van der Waals surface area contributed by atoms with E-state index in [2.05, 4.69) is 38.3 Å². The van der Waals surface area contributed by atoms with Gasteiger partial charge in [-0.15, -0.1) is 10.2 Å². The Morgan fingerprint density at radius 2 is 2.19 bits per heavy atom. The highest BCUT2D eigenvalue weighted by Gasteiger charge is 2.37. The van der Waals surface area contributed by atoms with Gasteiger partial charge < -0.3 is 14.6 Å². The van der Waals surface area contributed by atoms with Gasteiger partial charge in [-0.2, -0.15) is 0 Å². The summed E-state index contributed by atoms with van der Waals surface area (Å²) in [6, 6.07) is 6.79. The lowest BCUT2D eigenvalue weighted by atomic mass is 10.1. The first kappa shape index (κ1) is 11.7. The maximum atomic E-state index is 5.59. The van der Waals surface area contributed by atoms with Crippen LogP contribution in [0.15, 0.2) is 18.2 Å². The van der Waals surface area contributed by atoms with Gasteiger partial charge in [0.25, 0.3) is 0 Å². The molecule has 108 valence electrons. The third-order valence-corrected chi connectivity index (χ3v) is 4.80. The summed E-state index contributed by atoms with van der Waals surface area (Å²) in [4.78, 5) is 0.